The lowest BCUT2D eigenvalue weighted by molar-refractivity contribution is 0.189. The van der Waals surface area contributed by atoms with Gasteiger partial charge in [0, 0.05) is 30.5 Å². The van der Waals surface area contributed by atoms with Gasteiger partial charge in [0.1, 0.15) is 5.75 Å². The number of nitrogens with one attached hydrogen (secondary N) is 1. The van der Waals surface area contributed by atoms with Crippen molar-refractivity contribution in [2.75, 3.05) is 13.2 Å². The molecular weight excluding hydrogens is 200 g/mol. The Balaban J connectivity index is 2.14. The second-order valence-corrected chi connectivity index (χ2v) is 4.17. The number of nitriles is 1. The normalized spacial score (nSPS) is 23.0. The van der Waals surface area contributed by atoms with Crippen LogP contribution >= 0.6 is 0 Å². The number of benzene rings is 1. The van der Waals surface area contributed by atoms with Gasteiger partial charge < -0.3 is 10.1 Å². The van der Waals surface area contributed by atoms with Crippen LogP contribution in [0, 0.1) is 17.2 Å². The minimum Gasteiger partial charge on any atom is -0.493 e. The maximum atomic E-state index is 8.54. The molecule has 2 atom stereocenters. The lowest BCUT2D eigenvalue weighted by atomic mass is 9.92. The lowest BCUT2D eigenvalue weighted by Gasteiger charge is -2.32. The number of rotatable bonds is 3. The van der Waals surface area contributed by atoms with Gasteiger partial charge in [-0.25, -0.2) is 0 Å². The topological polar surface area (TPSA) is 45.0 Å². The third-order valence-corrected chi connectivity index (χ3v) is 2.93. The third kappa shape index (κ3) is 2.17. The maximum absolute atomic E-state index is 8.54. The second kappa shape index (κ2) is 5.00. The SMILES string of the molecule is CC1COc2ccccc2C1NCCC#N. The summed E-state index contributed by atoms with van der Waals surface area (Å²) >= 11 is 0. The largest absolute Gasteiger partial charge is 0.493 e. The van der Waals surface area contributed by atoms with Crippen molar-refractivity contribution in [2.24, 2.45) is 5.92 Å². The molecule has 0 bridgehead atoms. The van der Waals surface area contributed by atoms with Crippen LogP contribution in [0.3, 0.4) is 0 Å². The van der Waals surface area contributed by atoms with Crippen molar-refractivity contribution in [2.45, 2.75) is 19.4 Å². The van der Waals surface area contributed by atoms with Gasteiger partial charge in [0.05, 0.1) is 12.7 Å². The average Bonchev–Trinajstić information content (AvgIpc) is 2.32. The Morgan fingerprint density at radius 2 is 2.31 bits per heavy atom. The number of hydrogen-bond donors (Lipinski definition) is 1. The van der Waals surface area contributed by atoms with Gasteiger partial charge in [-0.1, -0.05) is 25.1 Å². The van der Waals surface area contributed by atoms with Crippen molar-refractivity contribution in [3.8, 4) is 11.8 Å². The zero-order valence-electron chi connectivity index (χ0n) is 9.44. The van der Waals surface area contributed by atoms with E-state index in [1.165, 1.54) is 5.56 Å². The second-order valence-electron chi connectivity index (χ2n) is 4.17. The molecule has 1 aliphatic heterocycles. The number of fused-ring (bicyclic) bond motifs is 1. The molecular formula is C13H16N2O. The summed E-state index contributed by atoms with van der Waals surface area (Å²) in [6, 6.07) is 10.6. The van der Waals surface area contributed by atoms with E-state index in [0.29, 0.717) is 18.4 Å². The van der Waals surface area contributed by atoms with E-state index in [0.717, 1.165) is 18.9 Å². The molecule has 1 aromatic rings. The number of hydrogen-bond acceptors (Lipinski definition) is 3. The fourth-order valence-electron chi connectivity index (χ4n) is 2.09. The Bertz CT molecular complexity index is 397. The van der Waals surface area contributed by atoms with Gasteiger partial charge in [0.15, 0.2) is 0 Å². The highest BCUT2D eigenvalue weighted by Crippen LogP contribution is 2.34. The van der Waals surface area contributed by atoms with Crippen LogP contribution in [-0.2, 0) is 0 Å². The molecule has 2 rings (SSSR count). The Labute approximate surface area is 96.0 Å². The van der Waals surface area contributed by atoms with Gasteiger partial charge in [-0.15, -0.1) is 0 Å². The molecule has 2 unspecified atom stereocenters. The van der Waals surface area contributed by atoms with Crippen LogP contribution in [0.5, 0.6) is 5.75 Å². The molecule has 1 heterocycles. The predicted molar refractivity (Wildman–Crippen MR) is 62.1 cm³/mol. The summed E-state index contributed by atoms with van der Waals surface area (Å²) in [5.41, 5.74) is 1.21. The zero-order valence-corrected chi connectivity index (χ0v) is 9.44. The van der Waals surface area contributed by atoms with Gasteiger partial charge in [-0.3, -0.25) is 0 Å². The lowest BCUT2D eigenvalue weighted by Crippen LogP contribution is -2.34. The van der Waals surface area contributed by atoms with E-state index in [1.807, 2.05) is 18.2 Å². The molecule has 1 aromatic carbocycles. The Morgan fingerprint density at radius 3 is 3.12 bits per heavy atom. The molecule has 3 nitrogen and oxygen atoms in total. The van der Waals surface area contributed by atoms with Crippen molar-refractivity contribution >= 4 is 0 Å². The fraction of sp³-hybridized carbons (Fsp3) is 0.462. The van der Waals surface area contributed by atoms with Crippen LogP contribution in [0.1, 0.15) is 24.9 Å². The summed E-state index contributed by atoms with van der Waals surface area (Å²) in [5, 5.41) is 12.0. The maximum Gasteiger partial charge on any atom is 0.124 e. The van der Waals surface area contributed by atoms with E-state index in [9.17, 15) is 0 Å². The van der Waals surface area contributed by atoms with Crippen molar-refractivity contribution < 1.29 is 4.74 Å². The van der Waals surface area contributed by atoms with Crippen molar-refractivity contribution in [1.82, 2.24) is 5.32 Å². The monoisotopic (exact) mass is 216 g/mol. The minimum absolute atomic E-state index is 0.304. The molecule has 0 aromatic heterocycles. The van der Waals surface area contributed by atoms with Gasteiger partial charge in [0.25, 0.3) is 0 Å². The Morgan fingerprint density at radius 1 is 1.50 bits per heavy atom. The van der Waals surface area contributed by atoms with Gasteiger partial charge in [-0.05, 0) is 6.07 Å². The van der Waals surface area contributed by atoms with Crippen LogP contribution in [0.25, 0.3) is 0 Å². The highest BCUT2D eigenvalue weighted by molar-refractivity contribution is 5.37. The molecule has 0 radical (unpaired) electrons. The summed E-state index contributed by atoms with van der Waals surface area (Å²) in [4.78, 5) is 0. The molecule has 0 amide bonds. The summed E-state index contributed by atoms with van der Waals surface area (Å²) in [7, 11) is 0. The molecule has 0 spiro atoms. The molecule has 16 heavy (non-hydrogen) atoms. The van der Waals surface area contributed by atoms with Crippen LogP contribution < -0.4 is 10.1 Å². The fourth-order valence-corrected chi connectivity index (χ4v) is 2.09. The molecule has 84 valence electrons. The first kappa shape index (κ1) is 11.0. The first-order valence-electron chi connectivity index (χ1n) is 5.65. The number of ether oxygens (including phenoxy) is 1. The van der Waals surface area contributed by atoms with E-state index in [2.05, 4.69) is 24.4 Å². The molecule has 0 aliphatic carbocycles. The van der Waals surface area contributed by atoms with E-state index in [1.54, 1.807) is 0 Å². The van der Waals surface area contributed by atoms with E-state index in [4.69, 9.17) is 10.00 Å². The van der Waals surface area contributed by atoms with Gasteiger partial charge in [-0.2, -0.15) is 5.26 Å². The first-order chi connectivity index (χ1) is 7.83. The zero-order chi connectivity index (χ0) is 11.4. The van der Waals surface area contributed by atoms with Crippen molar-refractivity contribution in [3.63, 3.8) is 0 Å². The predicted octanol–water partition coefficient (Wildman–Crippen LogP) is 2.26. The average molecular weight is 216 g/mol. The van der Waals surface area contributed by atoms with Crippen LogP contribution in [-0.4, -0.2) is 13.2 Å². The molecule has 1 aliphatic rings. The quantitative estimate of drug-likeness (QED) is 0.788. The summed E-state index contributed by atoms with van der Waals surface area (Å²) in [6.45, 7) is 3.64. The minimum atomic E-state index is 0.304. The highest BCUT2D eigenvalue weighted by Gasteiger charge is 2.26. The molecule has 0 fully saturated rings. The van der Waals surface area contributed by atoms with Crippen molar-refractivity contribution in [1.29, 1.82) is 5.26 Å². The standard InChI is InChI=1S/C13H16N2O/c1-10-9-16-12-6-3-2-5-11(12)13(10)15-8-4-7-14/h2-3,5-6,10,13,15H,4,8-9H2,1H3. The molecule has 0 saturated carbocycles. The summed E-state index contributed by atoms with van der Waals surface area (Å²) in [5.74, 6) is 1.41. The molecule has 0 saturated heterocycles. The smallest absolute Gasteiger partial charge is 0.124 e. The van der Waals surface area contributed by atoms with E-state index in [-0.39, 0.29) is 0 Å². The van der Waals surface area contributed by atoms with Crippen molar-refractivity contribution in [3.05, 3.63) is 29.8 Å². The molecule has 1 N–H and O–H groups in total. The third-order valence-electron chi connectivity index (χ3n) is 2.93. The van der Waals surface area contributed by atoms with Crippen LogP contribution in [0.15, 0.2) is 24.3 Å². The van der Waals surface area contributed by atoms with Crippen LogP contribution in [0.2, 0.25) is 0 Å². The Hall–Kier alpha value is -1.53. The summed E-state index contributed by atoms with van der Waals surface area (Å²) in [6.07, 6.45) is 0.548. The van der Waals surface area contributed by atoms with Gasteiger partial charge >= 0.3 is 0 Å². The van der Waals surface area contributed by atoms with Crippen LogP contribution in [0.4, 0.5) is 0 Å². The van der Waals surface area contributed by atoms with E-state index >= 15 is 0 Å². The Kier molecular flexibility index (Phi) is 3.43. The first-order valence-corrected chi connectivity index (χ1v) is 5.65. The van der Waals surface area contributed by atoms with E-state index < -0.39 is 0 Å². The summed E-state index contributed by atoms with van der Waals surface area (Å²) < 4.78 is 5.67. The number of nitrogens with zero attached hydrogens (tertiary/aromatic N) is 1. The number of para-hydroxylation sites is 1. The molecule has 3 heteroatoms. The highest BCUT2D eigenvalue weighted by atomic mass is 16.5. The van der Waals surface area contributed by atoms with Gasteiger partial charge in [0.2, 0.25) is 0 Å².